The molecule has 0 saturated carbocycles. The highest BCUT2D eigenvalue weighted by molar-refractivity contribution is 8.00. The summed E-state index contributed by atoms with van der Waals surface area (Å²) in [6.45, 7) is 3.62. The summed E-state index contributed by atoms with van der Waals surface area (Å²) < 4.78 is 28.0. The Morgan fingerprint density at radius 3 is 2.57 bits per heavy atom. The summed E-state index contributed by atoms with van der Waals surface area (Å²) in [5, 5.41) is 15.1. The Morgan fingerprint density at radius 2 is 2.05 bits per heavy atom. The minimum absolute atomic E-state index is 0.0173. The number of aromatic nitrogens is 3. The second-order valence-electron chi connectivity index (χ2n) is 5.29. The van der Waals surface area contributed by atoms with Gasteiger partial charge in [0.1, 0.15) is 29.9 Å². The molecule has 0 bridgehead atoms. The second kappa shape index (κ2) is 5.73. The molecule has 7 heteroatoms. The SMILES string of the molecule is CSC(C)(C)C(O)(Cn1cncn1)c1ccc(F)cc1F. The molecule has 2 aromatic rings. The van der Waals surface area contributed by atoms with Crippen LogP contribution < -0.4 is 0 Å². The highest BCUT2D eigenvalue weighted by Gasteiger charge is 2.47. The maximum Gasteiger partial charge on any atom is 0.137 e. The van der Waals surface area contributed by atoms with E-state index in [-0.39, 0.29) is 12.1 Å². The van der Waals surface area contributed by atoms with Crippen molar-refractivity contribution in [3.63, 3.8) is 0 Å². The Labute approximate surface area is 126 Å². The highest BCUT2D eigenvalue weighted by atomic mass is 32.2. The van der Waals surface area contributed by atoms with E-state index in [2.05, 4.69) is 10.1 Å². The topological polar surface area (TPSA) is 50.9 Å². The first-order chi connectivity index (χ1) is 9.80. The normalized spacial score (nSPS) is 15.0. The van der Waals surface area contributed by atoms with Crippen LogP contribution in [0, 0.1) is 11.6 Å². The van der Waals surface area contributed by atoms with Crippen LogP contribution in [-0.2, 0) is 12.1 Å². The molecule has 1 atom stereocenters. The van der Waals surface area contributed by atoms with Crippen LogP contribution >= 0.6 is 11.8 Å². The van der Waals surface area contributed by atoms with Crippen molar-refractivity contribution in [1.29, 1.82) is 0 Å². The first-order valence-electron chi connectivity index (χ1n) is 6.35. The molecule has 2 rings (SSSR count). The lowest BCUT2D eigenvalue weighted by Gasteiger charge is -2.42. The molecule has 1 N–H and O–H groups in total. The highest BCUT2D eigenvalue weighted by Crippen LogP contribution is 2.43. The molecular formula is C14H17F2N3OS. The van der Waals surface area contributed by atoms with Gasteiger partial charge in [0.05, 0.1) is 6.54 Å². The molecule has 1 aromatic heterocycles. The fourth-order valence-corrected chi connectivity index (χ4v) is 2.65. The largest absolute Gasteiger partial charge is 0.382 e. The summed E-state index contributed by atoms with van der Waals surface area (Å²) >= 11 is 1.39. The lowest BCUT2D eigenvalue weighted by atomic mass is 9.82. The first-order valence-corrected chi connectivity index (χ1v) is 7.58. The number of nitrogens with zero attached hydrogens (tertiary/aromatic N) is 3. The lowest BCUT2D eigenvalue weighted by Crippen LogP contribution is -2.49. The first kappa shape index (κ1) is 15.9. The Morgan fingerprint density at radius 1 is 1.33 bits per heavy atom. The fourth-order valence-electron chi connectivity index (χ4n) is 2.14. The van der Waals surface area contributed by atoms with Gasteiger partial charge >= 0.3 is 0 Å². The number of hydrogen-bond acceptors (Lipinski definition) is 4. The maximum atomic E-state index is 14.2. The lowest BCUT2D eigenvalue weighted by molar-refractivity contribution is -0.0168. The van der Waals surface area contributed by atoms with Gasteiger partial charge in [-0.1, -0.05) is 6.07 Å². The van der Waals surface area contributed by atoms with Gasteiger partial charge in [0.2, 0.25) is 0 Å². The molecule has 0 amide bonds. The predicted octanol–water partition coefficient (Wildman–Crippen LogP) is 2.59. The van der Waals surface area contributed by atoms with Gasteiger partial charge in [-0.3, -0.25) is 0 Å². The van der Waals surface area contributed by atoms with E-state index in [1.807, 2.05) is 6.26 Å². The summed E-state index contributed by atoms with van der Waals surface area (Å²) in [6, 6.07) is 3.19. The van der Waals surface area contributed by atoms with Crippen LogP contribution in [0.15, 0.2) is 30.9 Å². The van der Waals surface area contributed by atoms with Crippen molar-refractivity contribution in [2.24, 2.45) is 0 Å². The van der Waals surface area contributed by atoms with Crippen molar-refractivity contribution in [3.05, 3.63) is 48.1 Å². The smallest absolute Gasteiger partial charge is 0.137 e. The number of rotatable bonds is 5. The van der Waals surface area contributed by atoms with Crippen LogP contribution in [0.25, 0.3) is 0 Å². The molecule has 114 valence electrons. The number of thioether (sulfide) groups is 1. The molecule has 0 aliphatic carbocycles. The van der Waals surface area contributed by atoms with Gasteiger partial charge in [-0.2, -0.15) is 16.9 Å². The van der Waals surface area contributed by atoms with E-state index in [9.17, 15) is 13.9 Å². The van der Waals surface area contributed by atoms with E-state index in [0.717, 1.165) is 12.1 Å². The summed E-state index contributed by atoms with van der Waals surface area (Å²) in [5.74, 6) is -1.46. The van der Waals surface area contributed by atoms with Crippen molar-refractivity contribution < 1.29 is 13.9 Å². The summed E-state index contributed by atoms with van der Waals surface area (Å²) in [7, 11) is 0. The van der Waals surface area contributed by atoms with Crippen molar-refractivity contribution in [2.45, 2.75) is 30.7 Å². The average molecular weight is 313 g/mol. The summed E-state index contributed by atoms with van der Waals surface area (Å²) in [4.78, 5) is 3.82. The van der Waals surface area contributed by atoms with E-state index in [4.69, 9.17) is 0 Å². The predicted molar refractivity (Wildman–Crippen MR) is 77.9 cm³/mol. The molecule has 0 radical (unpaired) electrons. The third-order valence-electron chi connectivity index (χ3n) is 3.74. The molecule has 1 aromatic carbocycles. The Bertz CT molecular complexity index is 619. The molecule has 4 nitrogen and oxygen atoms in total. The van der Waals surface area contributed by atoms with Gasteiger partial charge in [-0.15, -0.1) is 0 Å². The van der Waals surface area contributed by atoms with Crippen molar-refractivity contribution in [3.8, 4) is 0 Å². The molecule has 1 unspecified atom stereocenters. The Kier molecular flexibility index (Phi) is 4.34. The quantitative estimate of drug-likeness (QED) is 0.922. The second-order valence-corrected chi connectivity index (χ2v) is 6.72. The minimum atomic E-state index is -1.57. The van der Waals surface area contributed by atoms with E-state index in [0.29, 0.717) is 0 Å². The fraction of sp³-hybridized carbons (Fsp3) is 0.429. The molecular weight excluding hydrogens is 296 g/mol. The zero-order valence-corrected chi connectivity index (χ0v) is 12.9. The summed E-state index contributed by atoms with van der Waals surface area (Å²) in [5.41, 5.74) is -1.53. The zero-order chi connectivity index (χ0) is 15.7. The molecule has 0 saturated heterocycles. The van der Waals surface area contributed by atoms with Crippen LogP contribution in [0.2, 0.25) is 0 Å². The van der Waals surface area contributed by atoms with Crippen molar-refractivity contribution >= 4 is 11.8 Å². The third-order valence-corrected chi connectivity index (χ3v) is 5.10. The number of benzene rings is 1. The monoisotopic (exact) mass is 313 g/mol. The van der Waals surface area contributed by atoms with Gasteiger partial charge in [-0.05, 0) is 26.2 Å². The number of halogens is 2. The van der Waals surface area contributed by atoms with Gasteiger partial charge in [0.15, 0.2) is 0 Å². The van der Waals surface area contributed by atoms with E-state index in [1.54, 1.807) is 13.8 Å². The molecule has 0 fully saturated rings. The van der Waals surface area contributed by atoms with Crippen LogP contribution in [0.5, 0.6) is 0 Å². The molecule has 21 heavy (non-hydrogen) atoms. The van der Waals surface area contributed by atoms with Gasteiger partial charge in [0, 0.05) is 16.4 Å². The number of hydrogen-bond donors (Lipinski definition) is 1. The van der Waals surface area contributed by atoms with Crippen molar-refractivity contribution in [2.75, 3.05) is 6.26 Å². The van der Waals surface area contributed by atoms with Gasteiger partial charge < -0.3 is 5.11 Å². The standard InChI is InChI=1S/C14H17F2N3OS/c1-13(2,21-3)14(20,7-19-9-17-8-18-19)11-5-4-10(15)6-12(11)16/h4-6,8-9,20H,7H2,1-3H3. The molecule has 0 aliphatic heterocycles. The Hall–Kier alpha value is -1.47. The van der Waals surface area contributed by atoms with Gasteiger partial charge in [-0.25, -0.2) is 18.4 Å². The van der Waals surface area contributed by atoms with E-state index >= 15 is 0 Å². The van der Waals surface area contributed by atoms with Gasteiger partial charge in [0.25, 0.3) is 0 Å². The molecule has 0 aliphatic rings. The molecule has 0 spiro atoms. The van der Waals surface area contributed by atoms with Crippen LogP contribution in [0.4, 0.5) is 8.78 Å². The third kappa shape index (κ3) is 2.94. The van der Waals surface area contributed by atoms with Crippen molar-refractivity contribution in [1.82, 2.24) is 14.8 Å². The molecule has 1 heterocycles. The minimum Gasteiger partial charge on any atom is -0.382 e. The summed E-state index contributed by atoms with van der Waals surface area (Å²) in [6.07, 6.45) is 4.62. The zero-order valence-electron chi connectivity index (χ0n) is 12.0. The average Bonchev–Trinajstić information content (AvgIpc) is 2.90. The van der Waals surface area contributed by atoms with E-state index < -0.39 is 22.0 Å². The maximum absolute atomic E-state index is 14.2. The Balaban J connectivity index is 2.54. The van der Waals surface area contributed by atoms with Crippen LogP contribution in [-0.4, -0.2) is 30.9 Å². The van der Waals surface area contributed by atoms with Crippen LogP contribution in [0.3, 0.4) is 0 Å². The number of aliphatic hydroxyl groups is 1. The van der Waals surface area contributed by atoms with E-state index in [1.165, 1.54) is 35.2 Å². The van der Waals surface area contributed by atoms with Crippen LogP contribution in [0.1, 0.15) is 19.4 Å².